The van der Waals surface area contributed by atoms with E-state index in [4.69, 9.17) is 21.3 Å². The summed E-state index contributed by atoms with van der Waals surface area (Å²) in [6, 6.07) is 9.12. The molecule has 200 valence electrons. The third-order valence-corrected chi connectivity index (χ3v) is 8.09. The quantitative estimate of drug-likeness (QED) is 0.371. The second-order valence-corrected chi connectivity index (χ2v) is 10.6. The molecule has 2 aliphatic rings. The van der Waals surface area contributed by atoms with Crippen LogP contribution in [-0.2, 0) is 4.74 Å². The molecule has 4 heterocycles. The molecule has 1 aromatic carbocycles. The highest BCUT2D eigenvalue weighted by Gasteiger charge is 2.22. The summed E-state index contributed by atoms with van der Waals surface area (Å²) in [5.74, 6) is 0.820. The van der Waals surface area contributed by atoms with E-state index in [0.29, 0.717) is 11.1 Å². The van der Waals surface area contributed by atoms with Crippen molar-refractivity contribution < 1.29 is 4.74 Å². The lowest BCUT2D eigenvalue weighted by Gasteiger charge is -2.36. The highest BCUT2D eigenvalue weighted by atomic mass is 35.5. The molecule has 0 saturated carbocycles. The normalized spacial score (nSPS) is 18.1. The summed E-state index contributed by atoms with van der Waals surface area (Å²) in [6.07, 6.45) is 6.27. The Bertz CT molecular complexity index is 1140. The highest BCUT2D eigenvalue weighted by Crippen LogP contribution is 2.32. The second-order valence-electron chi connectivity index (χ2n) is 10.2. The second kappa shape index (κ2) is 12.4. The molecule has 9 heteroatoms. The van der Waals surface area contributed by atoms with Gasteiger partial charge < -0.3 is 24.8 Å². The van der Waals surface area contributed by atoms with Gasteiger partial charge in [-0.1, -0.05) is 18.5 Å². The predicted molar refractivity (Wildman–Crippen MR) is 153 cm³/mol. The largest absolute Gasteiger partial charge is 0.385 e. The van der Waals surface area contributed by atoms with Crippen LogP contribution in [0.2, 0.25) is 5.02 Å². The van der Waals surface area contributed by atoms with Gasteiger partial charge in [0.25, 0.3) is 0 Å². The number of aromatic nitrogens is 3. The Hall–Kier alpha value is -2.39. The van der Waals surface area contributed by atoms with Gasteiger partial charge >= 0.3 is 0 Å². The number of benzene rings is 1. The van der Waals surface area contributed by atoms with Crippen molar-refractivity contribution in [3.63, 3.8) is 0 Å². The number of hydrogen-bond donors (Lipinski definition) is 2. The summed E-state index contributed by atoms with van der Waals surface area (Å²) in [6.45, 7) is 11.9. The van der Waals surface area contributed by atoms with Crippen molar-refractivity contribution in [2.45, 2.75) is 38.6 Å². The molecule has 0 amide bonds. The zero-order valence-corrected chi connectivity index (χ0v) is 22.9. The fourth-order valence-electron chi connectivity index (χ4n) is 5.44. The molecule has 0 bridgehead atoms. The molecular weight excluding hydrogens is 486 g/mol. The van der Waals surface area contributed by atoms with E-state index in [2.05, 4.69) is 61.2 Å². The molecule has 2 N–H and O–H groups in total. The molecule has 5 rings (SSSR count). The SMILES string of the molecule is CCN1CCC(Nc2c(Cl)cnc3[nH]c(-c4ccc(N5CCN(CCCCOC)CC5)cc4)nc23)CC1. The van der Waals surface area contributed by atoms with Gasteiger partial charge in [0.15, 0.2) is 5.65 Å². The summed E-state index contributed by atoms with van der Waals surface area (Å²) in [5.41, 5.74) is 4.78. The maximum Gasteiger partial charge on any atom is 0.159 e. The Kier molecular flexibility index (Phi) is 8.81. The van der Waals surface area contributed by atoms with Gasteiger partial charge in [-0.05, 0) is 63.0 Å². The Morgan fingerprint density at radius 3 is 2.49 bits per heavy atom. The van der Waals surface area contributed by atoms with Crippen molar-refractivity contribution in [1.82, 2.24) is 24.8 Å². The van der Waals surface area contributed by atoms with Gasteiger partial charge in [0, 0.05) is 70.3 Å². The maximum absolute atomic E-state index is 6.59. The Labute approximate surface area is 225 Å². The first-order chi connectivity index (χ1) is 18.1. The van der Waals surface area contributed by atoms with Crippen LogP contribution in [-0.4, -0.2) is 96.9 Å². The molecule has 0 unspecified atom stereocenters. The molecule has 0 aliphatic carbocycles. The zero-order valence-electron chi connectivity index (χ0n) is 22.2. The van der Waals surface area contributed by atoms with E-state index in [1.807, 2.05) is 0 Å². The number of ether oxygens (including phenoxy) is 1. The minimum Gasteiger partial charge on any atom is -0.385 e. The topological polar surface area (TPSA) is 72.6 Å². The number of hydrogen-bond acceptors (Lipinski definition) is 7. The van der Waals surface area contributed by atoms with Crippen LogP contribution in [0.1, 0.15) is 32.6 Å². The fraction of sp³-hybridized carbons (Fsp3) is 0.571. The monoisotopic (exact) mass is 525 g/mol. The number of halogens is 1. The van der Waals surface area contributed by atoms with E-state index in [9.17, 15) is 0 Å². The first kappa shape index (κ1) is 26.2. The summed E-state index contributed by atoms with van der Waals surface area (Å²) in [4.78, 5) is 20.4. The number of likely N-dealkylation sites (tertiary alicyclic amines) is 1. The van der Waals surface area contributed by atoms with E-state index in [1.165, 1.54) is 12.1 Å². The third-order valence-electron chi connectivity index (χ3n) is 7.80. The van der Waals surface area contributed by atoms with Crippen LogP contribution < -0.4 is 10.2 Å². The van der Waals surface area contributed by atoms with E-state index in [0.717, 1.165) is 106 Å². The molecule has 0 spiro atoms. The first-order valence-corrected chi connectivity index (χ1v) is 14.1. The number of unbranched alkanes of at least 4 members (excludes halogenated alkanes) is 1. The van der Waals surface area contributed by atoms with Gasteiger partial charge in [0.05, 0.1) is 16.9 Å². The van der Waals surface area contributed by atoms with Crippen molar-refractivity contribution in [3.05, 3.63) is 35.5 Å². The van der Waals surface area contributed by atoms with E-state index in [-0.39, 0.29) is 0 Å². The number of fused-ring (bicyclic) bond motifs is 1. The van der Waals surface area contributed by atoms with Crippen molar-refractivity contribution in [3.8, 4) is 11.4 Å². The smallest absolute Gasteiger partial charge is 0.159 e. The van der Waals surface area contributed by atoms with E-state index in [1.54, 1.807) is 13.3 Å². The van der Waals surface area contributed by atoms with E-state index >= 15 is 0 Å². The van der Waals surface area contributed by atoms with Gasteiger partial charge in [-0.2, -0.15) is 0 Å². The third kappa shape index (κ3) is 6.37. The lowest BCUT2D eigenvalue weighted by Crippen LogP contribution is -2.46. The fourth-order valence-corrected chi connectivity index (χ4v) is 5.64. The minimum absolute atomic E-state index is 0.399. The molecule has 0 atom stereocenters. The Balaban J connectivity index is 1.23. The number of piperazine rings is 1. The number of H-pyrrole nitrogens is 1. The lowest BCUT2D eigenvalue weighted by atomic mass is 10.0. The molecule has 3 aromatic rings. The van der Waals surface area contributed by atoms with Crippen LogP contribution in [0.15, 0.2) is 30.5 Å². The summed E-state index contributed by atoms with van der Waals surface area (Å²) in [5, 5.41) is 4.30. The highest BCUT2D eigenvalue weighted by molar-refractivity contribution is 6.34. The maximum atomic E-state index is 6.59. The molecule has 8 nitrogen and oxygen atoms in total. The average Bonchev–Trinajstić information content (AvgIpc) is 3.38. The van der Waals surface area contributed by atoms with Crippen LogP contribution in [0.5, 0.6) is 0 Å². The van der Waals surface area contributed by atoms with Gasteiger partial charge in [0.2, 0.25) is 0 Å². The summed E-state index contributed by atoms with van der Waals surface area (Å²) >= 11 is 6.59. The van der Waals surface area contributed by atoms with Crippen LogP contribution in [0.4, 0.5) is 11.4 Å². The molecule has 37 heavy (non-hydrogen) atoms. The molecule has 2 fully saturated rings. The van der Waals surface area contributed by atoms with Gasteiger partial charge in [-0.25, -0.2) is 9.97 Å². The number of aromatic amines is 1. The number of methoxy groups -OCH3 is 1. The number of piperidine rings is 1. The molecule has 2 aromatic heterocycles. The molecular formula is C28H40ClN7O. The van der Waals surface area contributed by atoms with Crippen LogP contribution in [0.25, 0.3) is 22.6 Å². The van der Waals surface area contributed by atoms with Crippen LogP contribution >= 0.6 is 11.6 Å². The van der Waals surface area contributed by atoms with Crippen LogP contribution in [0.3, 0.4) is 0 Å². The minimum atomic E-state index is 0.399. The van der Waals surface area contributed by atoms with Crippen LogP contribution in [0, 0.1) is 0 Å². The van der Waals surface area contributed by atoms with Crippen molar-refractivity contribution in [2.75, 3.05) is 76.3 Å². The van der Waals surface area contributed by atoms with Gasteiger partial charge in [-0.3, -0.25) is 4.90 Å². The zero-order chi connectivity index (χ0) is 25.6. The molecule has 2 saturated heterocycles. The van der Waals surface area contributed by atoms with Gasteiger partial charge in [0.1, 0.15) is 11.3 Å². The predicted octanol–water partition coefficient (Wildman–Crippen LogP) is 4.72. The number of imidazole rings is 1. The number of anilines is 2. The number of nitrogens with zero attached hydrogens (tertiary/aromatic N) is 5. The number of rotatable bonds is 10. The summed E-state index contributed by atoms with van der Waals surface area (Å²) < 4.78 is 5.17. The van der Waals surface area contributed by atoms with Crippen molar-refractivity contribution >= 4 is 34.1 Å². The van der Waals surface area contributed by atoms with E-state index < -0.39 is 0 Å². The standard InChI is InChI=1S/C28H40ClN7O/c1-3-34-13-10-22(11-14-34)31-25-24(29)20-30-28-26(25)32-27(33-28)21-6-8-23(9-7-21)36-17-15-35(16-18-36)12-4-5-19-37-2/h6-9,20,22H,3-5,10-19H2,1-2H3,(H2,30,31,32,33). The Morgan fingerprint density at radius 2 is 1.78 bits per heavy atom. The van der Waals surface area contributed by atoms with Crippen molar-refractivity contribution in [1.29, 1.82) is 0 Å². The number of nitrogens with one attached hydrogen (secondary N) is 2. The van der Waals surface area contributed by atoms with Crippen molar-refractivity contribution in [2.24, 2.45) is 0 Å². The summed E-state index contributed by atoms with van der Waals surface area (Å²) in [7, 11) is 1.78. The lowest BCUT2D eigenvalue weighted by molar-refractivity contribution is 0.182. The Morgan fingerprint density at radius 1 is 1.03 bits per heavy atom. The van der Waals surface area contributed by atoms with Gasteiger partial charge in [-0.15, -0.1) is 0 Å². The first-order valence-electron chi connectivity index (χ1n) is 13.7. The molecule has 0 radical (unpaired) electrons. The molecule has 2 aliphatic heterocycles. The number of pyridine rings is 1. The average molecular weight is 526 g/mol.